The molecule has 5 nitrogen and oxygen atoms in total. The van der Waals surface area contributed by atoms with Gasteiger partial charge in [-0.15, -0.1) is 0 Å². The zero-order valence-corrected chi connectivity index (χ0v) is 28.5. The van der Waals surface area contributed by atoms with E-state index in [1.165, 1.54) is 60.9 Å². The molecule has 246 valence electrons. The zero-order chi connectivity index (χ0) is 33.0. The molecule has 1 N–H and O–H groups in total. The number of ether oxygens (including phenoxy) is 2. The standard InChI is InChI=1S/C40H56O5/c1-8-10-11-12-30-17-21-35(22-18-30)37-24-23-36(25-33(37)9-2)34-19-15-31(16-20-34)13-14-32(26-44-38(41)28(3)4)27-45-39(42)29(5)40(6,7)43/h17-18,21-25,31-32,34,43H,3,5,8-16,19-20,26-27H2,1-2,4,6-7H3. The normalized spacial score (nSPS) is 17.4. The Bertz CT molecular complexity index is 1270. The van der Waals surface area contributed by atoms with Crippen LogP contribution in [0.3, 0.4) is 0 Å². The molecule has 2 aromatic carbocycles. The number of rotatable bonds is 17. The number of aryl methyl sites for hydroxylation is 2. The van der Waals surface area contributed by atoms with E-state index in [-0.39, 0.29) is 24.7 Å². The van der Waals surface area contributed by atoms with Crippen LogP contribution in [0, 0.1) is 11.8 Å². The highest BCUT2D eigenvalue weighted by atomic mass is 16.5. The van der Waals surface area contributed by atoms with E-state index in [1.54, 1.807) is 6.92 Å². The predicted octanol–water partition coefficient (Wildman–Crippen LogP) is 9.31. The van der Waals surface area contributed by atoms with Crippen molar-refractivity contribution in [1.29, 1.82) is 0 Å². The molecule has 3 rings (SSSR count). The van der Waals surface area contributed by atoms with Crippen molar-refractivity contribution in [2.75, 3.05) is 13.2 Å². The highest BCUT2D eigenvalue weighted by molar-refractivity contribution is 5.89. The van der Waals surface area contributed by atoms with Gasteiger partial charge in [0, 0.05) is 11.5 Å². The predicted molar refractivity (Wildman–Crippen MR) is 184 cm³/mol. The maximum absolute atomic E-state index is 12.4. The summed E-state index contributed by atoms with van der Waals surface area (Å²) in [4.78, 5) is 24.4. The number of carbonyl (C=O) groups excluding carboxylic acids is 2. The lowest BCUT2D eigenvalue weighted by Crippen LogP contribution is -2.30. The van der Waals surface area contributed by atoms with E-state index in [0.29, 0.717) is 17.4 Å². The van der Waals surface area contributed by atoms with E-state index in [2.05, 4.69) is 69.5 Å². The molecule has 1 atom stereocenters. The average Bonchev–Trinajstić information content (AvgIpc) is 3.03. The molecule has 1 unspecified atom stereocenters. The number of carbonyl (C=O) groups is 2. The van der Waals surface area contributed by atoms with Crippen molar-refractivity contribution in [2.45, 2.75) is 117 Å². The minimum absolute atomic E-state index is 0.00785. The molecule has 1 aliphatic carbocycles. The van der Waals surface area contributed by atoms with Crippen LogP contribution in [0.1, 0.15) is 115 Å². The number of esters is 2. The minimum atomic E-state index is -1.35. The van der Waals surface area contributed by atoms with Crippen molar-refractivity contribution in [2.24, 2.45) is 11.8 Å². The van der Waals surface area contributed by atoms with Gasteiger partial charge >= 0.3 is 11.9 Å². The summed E-state index contributed by atoms with van der Waals surface area (Å²) in [5, 5.41) is 10.1. The number of hydrogen-bond acceptors (Lipinski definition) is 5. The van der Waals surface area contributed by atoms with Gasteiger partial charge in [0.1, 0.15) is 0 Å². The van der Waals surface area contributed by atoms with Gasteiger partial charge in [0.15, 0.2) is 0 Å². The van der Waals surface area contributed by atoms with Crippen LogP contribution in [0.5, 0.6) is 0 Å². The van der Waals surface area contributed by atoms with E-state index in [9.17, 15) is 14.7 Å². The largest absolute Gasteiger partial charge is 0.462 e. The van der Waals surface area contributed by atoms with E-state index in [0.717, 1.165) is 51.4 Å². The molecule has 0 heterocycles. The fourth-order valence-electron chi connectivity index (χ4n) is 6.19. The molecule has 0 saturated heterocycles. The Morgan fingerprint density at radius 2 is 1.58 bits per heavy atom. The maximum atomic E-state index is 12.4. The quantitative estimate of drug-likeness (QED) is 0.109. The lowest BCUT2D eigenvalue weighted by molar-refractivity contribution is -0.145. The van der Waals surface area contributed by atoms with Gasteiger partial charge in [-0.1, -0.05) is 82.3 Å². The van der Waals surface area contributed by atoms with Gasteiger partial charge in [0.05, 0.1) is 24.4 Å². The number of aliphatic hydroxyl groups is 1. The summed E-state index contributed by atoms with van der Waals surface area (Å²) in [5.41, 5.74) is 5.95. The van der Waals surface area contributed by atoms with Crippen LogP contribution in [0.2, 0.25) is 0 Å². The topological polar surface area (TPSA) is 72.8 Å². The maximum Gasteiger partial charge on any atom is 0.336 e. The molecule has 0 aliphatic heterocycles. The van der Waals surface area contributed by atoms with Crippen LogP contribution in [0.4, 0.5) is 0 Å². The van der Waals surface area contributed by atoms with Gasteiger partial charge in [-0.05, 0) is 118 Å². The van der Waals surface area contributed by atoms with Crippen molar-refractivity contribution in [3.8, 4) is 11.1 Å². The highest BCUT2D eigenvalue weighted by Crippen LogP contribution is 2.39. The molecule has 0 amide bonds. The number of hydrogen-bond donors (Lipinski definition) is 1. The lowest BCUT2D eigenvalue weighted by atomic mass is 9.76. The van der Waals surface area contributed by atoms with Crippen LogP contribution < -0.4 is 0 Å². The Hall–Kier alpha value is -3.18. The highest BCUT2D eigenvalue weighted by Gasteiger charge is 2.27. The second kappa shape index (κ2) is 17.5. The first kappa shape index (κ1) is 36.3. The van der Waals surface area contributed by atoms with Crippen LogP contribution in [0.15, 0.2) is 66.8 Å². The minimum Gasteiger partial charge on any atom is -0.462 e. The summed E-state index contributed by atoms with van der Waals surface area (Å²) in [6.45, 7) is 16.7. The Morgan fingerprint density at radius 3 is 2.16 bits per heavy atom. The summed E-state index contributed by atoms with van der Waals surface area (Å²) in [6, 6.07) is 16.3. The fraction of sp³-hybridized carbons (Fsp3) is 0.550. The second-order valence-electron chi connectivity index (χ2n) is 13.6. The molecule has 45 heavy (non-hydrogen) atoms. The monoisotopic (exact) mass is 616 g/mol. The van der Waals surface area contributed by atoms with Gasteiger partial charge in [0.2, 0.25) is 0 Å². The van der Waals surface area contributed by atoms with Gasteiger partial charge < -0.3 is 14.6 Å². The summed E-state index contributed by atoms with van der Waals surface area (Å²) >= 11 is 0. The van der Waals surface area contributed by atoms with Crippen molar-refractivity contribution in [3.63, 3.8) is 0 Å². The number of benzene rings is 2. The molecule has 1 fully saturated rings. The SMILES string of the molecule is C=C(C)C(=O)OCC(CCC1CCC(c2ccc(-c3ccc(CCCCC)cc3)c(CC)c2)CC1)COC(=O)C(=C)C(C)(C)O. The van der Waals surface area contributed by atoms with Crippen LogP contribution in [-0.4, -0.2) is 35.9 Å². The Balaban J connectivity index is 1.56. The summed E-state index contributed by atoms with van der Waals surface area (Å²) in [6.07, 6.45) is 12.4. The van der Waals surface area contributed by atoms with E-state index >= 15 is 0 Å². The van der Waals surface area contributed by atoms with Crippen molar-refractivity contribution in [1.82, 2.24) is 0 Å². The van der Waals surface area contributed by atoms with Gasteiger partial charge in [-0.25, -0.2) is 9.59 Å². The van der Waals surface area contributed by atoms with E-state index in [4.69, 9.17) is 9.47 Å². The molecule has 0 bridgehead atoms. The fourth-order valence-corrected chi connectivity index (χ4v) is 6.19. The zero-order valence-electron chi connectivity index (χ0n) is 28.5. The molecule has 0 radical (unpaired) electrons. The molecule has 0 aromatic heterocycles. The van der Waals surface area contributed by atoms with Crippen molar-refractivity contribution < 1.29 is 24.2 Å². The third-order valence-corrected chi connectivity index (χ3v) is 9.38. The van der Waals surface area contributed by atoms with Crippen LogP contribution >= 0.6 is 0 Å². The van der Waals surface area contributed by atoms with E-state index < -0.39 is 17.5 Å². The molecule has 0 spiro atoms. The first-order chi connectivity index (χ1) is 21.4. The van der Waals surface area contributed by atoms with Gasteiger partial charge in [-0.2, -0.15) is 0 Å². The second-order valence-corrected chi connectivity index (χ2v) is 13.6. The third-order valence-electron chi connectivity index (χ3n) is 9.38. The molecular formula is C40H56O5. The molecule has 1 saturated carbocycles. The molecule has 1 aliphatic rings. The first-order valence-corrected chi connectivity index (χ1v) is 17.1. The lowest BCUT2D eigenvalue weighted by Gasteiger charge is -2.30. The average molecular weight is 617 g/mol. The van der Waals surface area contributed by atoms with Gasteiger partial charge in [0.25, 0.3) is 0 Å². The van der Waals surface area contributed by atoms with Gasteiger partial charge in [-0.3, -0.25) is 0 Å². The summed E-state index contributed by atoms with van der Waals surface area (Å²) < 4.78 is 10.9. The number of unbranched alkanes of at least 4 members (excludes halogenated alkanes) is 2. The van der Waals surface area contributed by atoms with E-state index in [1.807, 2.05) is 0 Å². The Labute approximate surface area is 272 Å². The first-order valence-electron chi connectivity index (χ1n) is 17.1. The molecule has 2 aromatic rings. The molecule has 5 heteroatoms. The van der Waals surface area contributed by atoms with Crippen LogP contribution in [-0.2, 0) is 31.9 Å². The third kappa shape index (κ3) is 11.3. The van der Waals surface area contributed by atoms with Crippen LogP contribution in [0.25, 0.3) is 11.1 Å². The Morgan fingerprint density at radius 1 is 0.933 bits per heavy atom. The van der Waals surface area contributed by atoms with Crippen molar-refractivity contribution in [3.05, 3.63) is 83.5 Å². The molecular weight excluding hydrogens is 560 g/mol. The summed E-state index contributed by atoms with van der Waals surface area (Å²) in [5.74, 6) is -0.0403. The Kier molecular flexibility index (Phi) is 14.1. The van der Waals surface area contributed by atoms with Crippen molar-refractivity contribution >= 4 is 11.9 Å². The smallest absolute Gasteiger partial charge is 0.336 e. The summed E-state index contributed by atoms with van der Waals surface area (Å²) in [7, 11) is 0.